The first-order valence-electron chi connectivity index (χ1n) is 11.7. The van der Waals surface area contributed by atoms with Crippen molar-refractivity contribution in [1.29, 1.82) is 0 Å². The standard InChI is InChI=1S/C29H26N2O6/c1-4-23(26(32)30-20-9-7-8-19(16-20)28(34)35)37-29(36)25-24(18-14-12-17(2)13-15-18)21-10-5-6-11-22(21)27(33)31(25)3/h5-16,23H,4H2,1-3H3,(H,30,32)(H,34,35). The van der Waals surface area contributed by atoms with Gasteiger partial charge in [0.25, 0.3) is 11.5 Å². The number of aromatic nitrogens is 1. The molecule has 1 amide bonds. The average molecular weight is 499 g/mol. The number of fused-ring (bicyclic) bond motifs is 1. The van der Waals surface area contributed by atoms with Gasteiger partial charge < -0.3 is 19.7 Å². The molecule has 0 spiro atoms. The molecule has 0 saturated heterocycles. The second-order valence-electron chi connectivity index (χ2n) is 8.68. The van der Waals surface area contributed by atoms with Crippen LogP contribution >= 0.6 is 0 Å². The molecule has 0 saturated carbocycles. The van der Waals surface area contributed by atoms with E-state index in [0.29, 0.717) is 16.3 Å². The van der Waals surface area contributed by atoms with Crippen LogP contribution in [-0.2, 0) is 16.6 Å². The van der Waals surface area contributed by atoms with Gasteiger partial charge in [-0.25, -0.2) is 9.59 Å². The highest BCUT2D eigenvalue weighted by Gasteiger charge is 2.28. The van der Waals surface area contributed by atoms with Gasteiger partial charge in [-0.15, -0.1) is 0 Å². The number of hydrogen-bond acceptors (Lipinski definition) is 5. The molecular weight excluding hydrogens is 472 g/mol. The van der Waals surface area contributed by atoms with E-state index < -0.39 is 23.9 Å². The SMILES string of the molecule is CCC(OC(=O)c1c(-c2ccc(C)cc2)c2ccccc2c(=O)n1C)C(=O)Nc1cccc(C(=O)O)c1. The number of pyridine rings is 1. The van der Waals surface area contributed by atoms with E-state index in [0.717, 1.165) is 11.1 Å². The van der Waals surface area contributed by atoms with Gasteiger partial charge in [0.05, 0.1) is 5.56 Å². The molecule has 188 valence electrons. The molecule has 37 heavy (non-hydrogen) atoms. The number of anilines is 1. The third-order valence-corrected chi connectivity index (χ3v) is 6.13. The number of hydrogen-bond donors (Lipinski definition) is 2. The number of carboxylic acid groups (broad SMARTS) is 1. The number of aryl methyl sites for hydroxylation is 1. The van der Waals surface area contributed by atoms with Crippen LogP contribution in [0.5, 0.6) is 0 Å². The fraction of sp³-hybridized carbons (Fsp3) is 0.172. The fourth-order valence-electron chi connectivity index (χ4n) is 4.18. The van der Waals surface area contributed by atoms with Crippen LogP contribution < -0.4 is 10.9 Å². The monoisotopic (exact) mass is 498 g/mol. The lowest BCUT2D eigenvalue weighted by molar-refractivity contribution is -0.124. The molecule has 3 aromatic carbocycles. The highest BCUT2D eigenvalue weighted by molar-refractivity contribution is 6.07. The summed E-state index contributed by atoms with van der Waals surface area (Å²) < 4.78 is 6.89. The third-order valence-electron chi connectivity index (χ3n) is 6.13. The molecule has 0 aliphatic heterocycles. The van der Waals surface area contributed by atoms with Crippen LogP contribution in [0.25, 0.3) is 21.9 Å². The third kappa shape index (κ3) is 5.13. The molecule has 8 nitrogen and oxygen atoms in total. The van der Waals surface area contributed by atoms with E-state index in [-0.39, 0.29) is 28.9 Å². The Morgan fingerprint density at radius 1 is 0.973 bits per heavy atom. The van der Waals surface area contributed by atoms with Gasteiger partial charge in [-0.2, -0.15) is 0 Å². The van der Waals surface area contributed by atoms with E-state index in [4.69, 9.17) is 4.74 Å². The highest BCUT2D eigenvalue weighted by atomic mass is 16.5. The Hall–Kier alpha value is -4.72. The molecule has 0 radical (unpaired) electrons. The summed E-state index contributed by atoms with van der Waals surface area (Å²) in [6.07, 6.45) is -1.01. The maximum Gasteiger partial charge on any atom is 0.356 e. The van der Waals surface area contributed by atoms with Crippen molar-refractivity contribution in [3.05, 3.63) is 100.0 Å². The van der Waals surface area contributed by atoms with Crippen molar-refractivity contribution in [3.63, 3.8) is 0 Å². The van der Waals surface area contributed by atoms with Crippen molar-refractivity contribution in [3.8, 4) is 11.1 Å². The summed E-state index contributed by atoms with van der Waals surface area (Å²) >= 11 is 0. The van der Waals surface area contributed by atoms with Gasteiger partial charge in [-0.3, -0.25) is 9.59 Å². The molecular formula is C29H26N2O6. The molecule has 0 aliphatic rings. The topological polar surface area (TPSA) is 115 Å². The number of nitrogens with zero attached hydrogens (tertiary/aromatic N) is 1. The average Bonchev–Trinajstić information content (AvgIpc) is 2.89. The molecule has 8 heteroatoms. The van der Waals surface area contributed by atoms with E-state index in [1.807, 2.05) is 31.2 Å². The van der Waals surface area contributed by atoms with Gasteiger partial charge in [0.1, 0.15) is 5.69 Å². The van der Waals surface area contributed by atoms with E-state index in [9.17, 15) is 24.3 Å². The van der Waals surface area contributed by atoms with Gasteiger partial charge in [-0.1, -0.05) is 61.0 Å². The largest absolute Gasteiger partial charge is 0.478 e. The normalized spacial score (nSPS) is 11.6. The van der Waals surface area contributed by atoms with Crippen LogP contribution in [0, 0.1) is 6.92 Å². The summed E-state index contributed by atoms with van der Waals surface area (Å²) in [6, 6.07) is 20.4. The van der Waals surface area contributed by atoms with Gasteiger partial charge in [0, 0.05) is 23.7 Å². The van der Waals surface area contributed by atoms with E-state index in [1.54, 1.807) is 37.3 Å². The lowest BCUT2D eigenvalue weighted by Gasteiger charge is -2.20. The zero-order valence-electron chi connectivity index (χ0n) is 20.6. The lowest BCUT2D eigenvalue weighted by Crippen LogP contribution is -2.34. The van der Waals surface area contributed by atoms with E-state index >= 15 is 0 Å². The number of carbonyl (C=O) groups is 3. The minimum Gasteiger partial charge on any atom is -0.478 e. The zero-order chi connectivity index (χ0) is 26.7. The molecule has 1 aromatic heterocycles. The molecule has 2 N–H and O–H groups in total. The van der Waals surface area contributed by atoms with Gasteiger partial charge in [0.15, 0.2) is 6.10 Å². The number of carboxylic acids is 1. The summed E-state index contributed by atoms with van der Waals surface area (Å²) in [7, 11) is 1.50. The molecule has 4 aromatic rings. The van der Waals surface area contributed by atoms with Crippen LogP contribution in [0.3, 0.4) is 0 Å². The predicted octanol–water partition coefficient (Wildman–Crippen LogP) is 4.79. The summed E-state index contributed by atoms with van der Waals surface area (Å²) in [5, 5.41) is 12.9. The smallest absolute Gasteiger partial charge is 0.356 e. The highest BCUT2D eigenvalue weighted by Crippen LogP contribution is 2.31. The van der Waals surface area contributed by atoms with Gasteiger partial charge in [-0.05, 0) is 48.6 Å². The van der Waals surface area contributed by atoms with Crippen molar-refractivity contribution < 1.29 is 24.2 Å². The molecule has 1 unspecified atom stereocenters. The predicted molar refractivity (Wildman–Crippen MR) is 141 cm³/mol. The summed E-state index contributed by atoms with van der Waals surface area (Å²) in [4.78, 5) is 50.9. The van der Waals surface area contributed by atoms with Gasteiger partial charge >= 0.3 is 11.9 Å². The summed E-state index contributed by atoms with van der Waals surface area (Å²) in [5.74, 6) is -2.56. The van der Waals surface area contributed by atoms with Crippen molar-refractivity contribution in [1.82, 2.24) is 4.57 Å². The lowest BCUT2D eigenvalue weighted by atomic mass is 9.96. The Bertz CT molecular complexity index is 1570. The number of benzene rings is 3. The Labute approximate surface area is 213 Å². The molecule has 0 aliphatic carbocycles. The van der Waals surface area contributed by atoms with E-state index in [1.165, 1.54) is 29.8 Å². The number of ether oxygens (including phenoxy) is 1. The van der Waals surface area contributed by atoms with Crippen molar-refractivity contribution in [2.75, 3.05) is 5.32 Å². The fourth-order valence-corrected chi connectivity index (χ4v) is 4.18. The molecule has 0 fully saturated rings. The Morgan fingerprint density at radius 2 is 1.65 bits per heavy atom. The van der Waals surface area contributed by atoms with Crippen molar-refractivity contribution in [2.24, 2.45) is 7.05 Å². The van der Waals surface area contributed by atoms with Crippen LogP contribution in [0.1, 0.15) is 39.8 Å². The summed E-state index contributed by atoms with van der Waals surface area (Å²) in [5.41, 5.74) is 2.25. The van der Waals surface area contributed by atoms with Crippen molar-refractivity contribution in [2.45, 2.75) is 26.4 Å². The van der Waals surface area contributed by atoms with Crippen LogP contribution in [0.4, 0.5) is 5.69 Å². The van der Waals surface area contributed by atoms with Gasteiger partial charge in [0.2, 0.25) is 0 Å². The quantitative estimate of drug-likeness (QED) is 0.354. The molecule has 4 rings (SSSR count). The maximum absolute atomic E-state index is 13.6. The second kappa shape index (κ2) is 10.5. The number of rotatable bonds is 7. The number of aromatic carboxylic acids is 1. The Balaban J connectivity index is 1.73. The molecule has 0 bridgehead atoms. The van der Waals surface area contributed by atoms with Crippen LogP contribution in [0.15, 0.2) is 77.6 Å². The number of esters is 1. The Kier molecular flexibility index (Phi) is 7.20. The van der Waals surface area contributed by atoms with Crippen molar-refractivity contribution >= 4 is 34.3 Å². The first-order chi connectivity index (χ1) is 17.7. The maximum atomic E-state index is 13.6. The molecule has 1 atom stereocenters. The second-order valence-corrected chi connectivity index (χ2v) is 8.68. The number of nitrogens with one attached hydrogen (secondary N) is 1. The summed E-state index contributed by atoms with van der Waals surface area (Å²) in [6.45, 7) is 3.64. The zero-order valence-corrected chi connectivity index (χ0v) is 20.6. The number of amides is 1. The van der Waals surface area contributed by atoms with E-state index in [2.05, 4.69) is 5.32 Å². The molecule has 1 heterocycles. The van der Waals surface area contributed by atoms with Crippen LogP contribution in [0.2, 0.25) is 0 Å². The first-order valence-corrected chi connectivity index (χ1v) is 11.7. The number of carbonyl (C=O) groups excluding carboxylic acids is 2. The first kappa shape index (κ1) is 25.4. The Morgan fingerprint density at radius 3 is 2.30 bits per heavy atom. The van der Waals surface area contributed by atoms with Crippen LogP contribution in [-0.4, -0.2) is 33.6 Å². The minimum absolute atomic E-state index is 0.0109. The minimum atomic E-state index is -1.17.